The summed E-state index contributed by atoms with van der Waals surface area (Å²) in [6.07, 6.45) is 0. The van der Waals surface area contributed by atoms with Gasteiger partial charge in [-0.3, -0.25) is 4.79 Å². The number of hydrogen-bond donors (Lipinski definition) is 0. The van der Waals surface area contributed by atoms with Gasteiger partial charge < -0.3 is 4.74 Å². The molecule has 0 bridgehead atoms. The van der Waals surface area contributed by atoms with Crippen molar-refractivity contribution in [3.8, 4) is 5.75 Å². The Bertz CT molecular complexity index is 529. The third-order valence-corrected chi connectivity index (χ3v) is 3.29. The van der Waals surface area contributed by atoms with Gasteiger partial charge in [-0.25, -0.2) is 8.42 Å². The molecule has 0 fully saturated rings. The van der Waals surface area contributed by atoms with Crippen LogP contribution in [-0.2, 0) is 13.8 Å². The first-order valence-corrected chi connectivity index (χ1v) is 7.19. The van der Waals surface area contributed by atoms with Gasteiger partial charge >= 0.3 is 5.97 Å². The molecule has 0 aliphatic heterocycles. The lowest BCUT2D eigenvalue weighted by Gasteiger charge is -2.17. The monoisotopic (exact) mass is 276 g/mol. The molecule has 0 aromatic heterocycles. The molecule has 0 aliphatic carbocycles. The lowest BCUT2D eigenvalue weighted by Crippen LogP contribution is -2.26. The van der Waals surface area contributed by atoms with Gasteiger partial charge in [0.25, 0.3) is 9.05 Å². The van der Waals surface area contributed by atoms with Crippen LogP contribution in [0.5, 0.6) is 5.75 Å². The highest BCUT2D eigenvalue weighted by Gasteiger charge is 2.26. The first-order valence-electron chi connectivity index (χ1n) is 4.88. The van der Waals surface area contributed by atoms with Gasteiger partial charge in [0.05, 0.1) is 5.41 Å². The number of ether oxygens (including phenoxy) is 1. The summed E-state index contributed by atoms with van der Waals surface area (Å²) in [5.74, 6) is -0.576. The quantitative estimate of drug-likeness (QED) is 0.473. The molecule has 0 N–H and O–H groups in total. The predicted molar refractivity (Wildman–Crippen MR) is 64.6 cm³/mol. The van der Waals surface area contributed by atoms with Gasteiger partial charge in [0, 0.05) is 10.7 Å². The highest BCUT2D eigenvalue weighted by atomic mass is 35.7. The molecule has 1 aromatic rings. The molecule has 0 radical (unpaired) electrons. The number of carbonyl (C=O) groups excluding carboxylic acids is 1. The van der Waals surface area contributed by atoms with Gasteiger partial charge in [0.15, 0.2) is 5.75 Å². The van der Waals surface area contributed by atoms with E-state index in [4.69, 9.17) is 15.4 Å². The van der Waals surface area contributed by atoms with Crippen molar-refractivity contribution in [1.29, 1.82) is 0 Å². The Labute approximate surface area is 105 Å². The van der Waals surface area contributed by atoms with Crippen LogP contribution in [0, 0.1) is 5.41 Å². The molecular formula is C11H13ClO4S. The smallest absolute Gasteiger partial charge is 0.316 e. The molecule has 0 atom stereocenters. The largest absolute Gasteiger partial charge is 0.425 e. The van der Waals surface area contributed by atoms with Crippen molar-refractivity contribution in [2.75, 3.05) is 0 Å². The fourth-order valence-electron chi connectivity index (χ4n) is 0.989. The molecule has 0 aliphatic rings. The Morgan fingerprint density at radius 3 is 2.24 bits per heavy atom. The maximum atomic E-state index is 11.7. The molecular weight excluding hydrogens is 264 g/mol. The van der Waals surface area contributed by atoms with E-state index in [1.807, 2.05) is 0 Å². The fourth-order valence-corrected chi connectivity index (χ4v) is 1.96. The molecule has 1 rings (SSSR count). The number of halogens is 1. The first-order chi connectivity index (χ1) is 7.62. The molecule has 0 amide bonds. The Morgan fingerprint density at radius 1 is 1.24 bits per heavy atom. The van der Waals surface area contributed by atoms with Crippen LogP contribution in [0.1, 0.15) is 20.8 Å². The van der Waals surface area contributed by atoms with Crippen LogP contribution in [0.25, 0.3) is 0 Å². The topological polar surface area (TPSA) is 60.4 Å². The summed E-state index contributed by atoms with van der Waals surface area (Å²) in [6, 6.07) is 5.74. The van der Waals surface area contributed by atoms with Gasteiger partial charge in [-0.1, -0.05) is 12.1 Å². The second kappa shape index (κ2) is 4.66. The lowest BCUT2D eigenvalue weighted by atomic mass is 9.97. The Kier molecular flexibility index (Phi) is 3.84. The molecule has 0 heterocycles. The van der Waals surface area contributed by atoms with Gasteiger partial charge in [-0.15, -0.1) is 0 Å². The minimum absolute atomic E-state index is 0.0533. The normalized spacial score (nSPS) is 12.2. The van der Waals surface area contributed by atoms with Gasteiger partial charge in [-0.05, 0) is 32.9 Å². The van der Waals surface area contributed by atoms with Gasteiger partial charge in [0.2, 0.25) is 0 Å². The van der Waals surface area contributed by atoms with Gasteiger partial charge in [0.1, 0.15) is 4.90 Å². The third kappa shape index (κ3) is 3.71. The molecule has 0 spiro atoms. The van der Waals surface area contributed by atoms with E-state index in [1.54, 1.807) is 26.8 Å². The zero-order valence-electron chi connectivity index (χ0n) is 9.73. The molecule has 6 heteroatoms. The Morgan fingerprint density at radius 2 is 1.76 bits per heavy atom. The van der Waals surface area contributed by atoms with Crippen LogP contribution in [0.15, 0.2) is 29.2 Å². The summed E-state index contributed by atoms with van der Waals surface area (Å²) < 4.78 is 27.6. The lowest BCUT2D eigenvalue weighted by molar-refractivity contribution is -0.143. The summed E-state index contributed by atoms with van der Waals surface area (Å²) in [7, 11) is 1.31. The van der Waals surface area contributed by atoms with E-state index < -0.39 is 20.4 Å². The number of benzene rings is 1. The number of esters is 1. The highest BCUT2D eigenvalue weighted by Crippen LogP contribution is 2.28. The van der Waals surface area contributed by atoms with Crippen molar-refractivity contribution in [2.45, 2.75) is 25.7 Å². The highest BCUT2D eigenvalue weighted by molar-refractivity contribution is 8.13. The molecule has 0 saturated carbocycles. The number of rotatable bonds is 2. The van der Waals surface area contributed by atoms with Crippen molar-refractivity contribution in [3.63, 3.8) is 0 Å². The van der Waals surface area contributed by atoms with Crippen LogP contribution < -0.4 is 4.74 Å². The standard InChI is InChI=1S/C11H13ClO4S/c1-11(2,3)10(13)16-8-6-4-5-7-9(8)17(12,14)15/h4-7H,1-3H3. The number of carbonyl (C=O) groups is 1. The van der Waals surface area contributed by atoms with E-state index in [1.165, 1.54) is 18.2 Å². The Hall–Kier alpha value is -1.07. The van der Waals surface area contributed by atoms with Crippen molar-refractivity contribution < 1.29 is 17.9 Å². The maximum absolute atomic E-state index is 11.7. The fraction of sp³-hybridized carbons (Fsp3) is 0.364. The second-order valence-corrected chi connectivity index (χ2v) is 7.06. The number of hydrogen-bond acceptors (Lipinski definition) is 4. The average molecular weight is 277 g/mol. The van der Waals surface area contributed by atoms with Crippen molar-refractivity contribution >= 4 is 25.7 Å². The van der Waals surface area contributed by atoms with Crippen LogP contribution in [-0.4, -0.2) is 14.4 Å². The van der Waals surface area contributed by atoms with E-state index in [0.29, 0.717) is 0 Å². The second-order valence-electron chi connectivity index (χ2n) is 4.52. The average Bonchev–Trinajstić information content (AvgIpc) is 2.15. The summed E-state index contributed by atoms with van der Waals surface area (Å²) in [5.41, 5.74) is -0.719. The molecule has 4 nitrogen and oxygen atoms in total. The zero-order valence-corrected chi connectivity index (χ0v) is 11.3. The minimum atomic E-state index is -3.93. The number of para-hydroxylation sites is 1. The van der Waals surface area contributed by atoms with E-state index in [9.17, 15) is 13.2 Å². The Balaban J connectivity index is 3.13. The summed E-state index contributed by atoms with van der Waals surface area (Å²) in [5, 5.41) is 0. The van der Waals surface area contributed by atoms with Crippen molar-refractivity contribution in [1.82, 2.24) is 0 Å². The van der Waals surface area contributed by atoms with Crippen LogP contribution in [0.2, 0.25) is 0 Å². The van der Waals surface area contributed by atoms with Crippen LogP contribution >= 0.6 is 10.7 Å². The predicted octanol–water partition coefficient (Wildman–Crippen LogP) is 2.57. The first kappa shape index (κ1) is 14.0. The molecule has 1 aromatic carbocycles. The van der Waals surface area contributed by atoms with Crippen molar-refractivity contribution in [2.24, 2.45) is 5.41 Å². The van der Waals surface area contributed by atoms with Crippen LogP contribution in [0.4, 0.5) is 0 Å². The molecule has 0 unspecified atom stereocenters. The summed E-state index contributed by atoms with van der Waals surface area (Å²) >= 11 is 0. The SMILES string of the molecule is CC(C)(C)C(=O)Oc1ccccc1S(=O)(=O)Cl. The van der Waals surface area contributed by atoms with Crippen molar-refractivity contribution in [3.05, 3.63) is 24.3 Å². The van der Waals surface area contributed by atoms with Crippen LogP contribution in [0.3, 0.4) is 0 Å². The summed E-state index contributed by atoms with van der Waals surface area (Å²) in [4.78, 5) is 11.4. The molecule has 94 valence electrons. The minimum Gasteiger partial charge on any atom is -0.425 e. The van der Waals surface area contributed by atoms with Gasteiger partial charge in [-0.2, -0.15) is 0 Å². The van der Waals surface area contributed by atoms with E-state index in [2.05, 4.69) is 0 Å². The molecule has 17 heavy (non-hydrogen) atoms. The van der Waals surface area contributed by atoms with E-state index in [0.717, 1.165) is 0 Å². The van der Waals surface area contributed by atoms with E-state index in [-0.39, 0.29) is 10.6 Å². The molecule has 0 saturated heterocycles. The zero-order chi connectivity index (χ0) is 13.3. The maximum Gasteiger partial charge on any atom is 0.316 e. The third-order valence-electron chi connectivity index (χ3n) is 1.93. The summed E-state index contributed by atoms with van der Waals surface area (Å²) in [6.45, 7) is 5.02. The van der Waals surface area contributed by atoms with E-state index >= 15 is 0 Å².